The Balaban J connectivity index is 1.81. The van der Waals surface area contributed by atoms with Crippen LogP contribution in [0.1, 0.15) is 17.2 Å². The molecule has 26 heavy (non-hydrogen) atoms. The molecule has 1 unspecified atom stereocenters. The number of nitrogens with two attached hydrogens (primary N) is 1. The van der Waals surface area contributed by atoms with E-state index in [1.807, 2.05) is 61.5 Å². The number of aryl methyl sites for hydroxylation is 1. The minimum absolute atomic E-state index is 0.281. The molecule has 4 aromatic rings. The molecular weight excluding hydrogens is 326 g/mol. The second kappa shape index (κ2) is 6.57. The zero-order valence-electron chi connectivity index (χ0n) is 14.4. The zero-order chi connectivity index (χ0) is 18.1. The van der Waals surface area contributed by atoms with Crippen LogP contribution in [-0.2, 0) is 6.54 Å². The maximum atomic E-state index is 10.6. The van der Waals surface area contributed by atoms with Crippen molar-refractivity contribution >= 4 is 16.9 Å². The minimum Gasteiger partial charge on any atom is -0.386 e. The highest BCUT2D eigenvalue weighted by Crippen LogP contribution is 2.31. The van der Waals surface area contributed by atoms with Crippen molar-refractivity contribution in [1.29, 1.82) is 0 Å². The fourth-order valence-corrected chi connectivity index (χ4v) is 3.02. The van der Waals surface area contributed by atoms with Crippen molar-refractivity contribution in [1.82, 2.24) is 19.7 Å². The Hall–Kier alpha value is -3.25. The molecule has 0 fully saturated rings. The second-order valence-corrected chi connectivity index (χ2v) is 6.28. The lowest BCUT2D eigenvalue weighted by Gasteiger charge is -2.11. The highest BCUT2D eigenvalue weighted by Gasteiger charge is 2.19. The van der Waals surface area contributed by atoms with Gasteiger partial charge in [-0.25, -0.2) is 14.6 Å². The van der Waals surface area contributed by atoms with Crippen LogP contribution in [0.2, 0.25) is 0 Å². The van der Waals surface area contributed by atoms with Crippen LogP contribution in [0.4, 0.5) is 5.82 Å². The van der Waals surface area contributed by atoms with E-state index in [4.69, 9.17) is 5.73 Å². The number of aromatic nitrogens is 4. The molecule has 0 radical (unpaired) electrons. The van der Waals surface area contributed by atoms with Crippen molar-refractivity contribution in [3.63, 3.8) is 0 Å². The van der Waals surface area contributed by atoms with E-state index in [9.17, 15) is 5.11 Å². The fourth-order valence-electron chi connectivity index (χ4n) is 3.02. The first-order valence-corrected chi connectivity index (χ1v) is 8.40. The molecule has 6 nitrogen and oxygen atoms in total. The normalized spacial score (nSPS) is 12.4. The molecule has 0 saturated heterocycles. The predicted octanol–water partition coefficient (Wildman–Crippen LogP) is 3.12. The summed E-state index contributed by atoms with van der Waals surface area (Å²) >= 11 is 0. The van der Waals surface area contributed by atoms with Crippen molar-refractivity contribution in [3.05, 3.63) is 72.1 Å². The number of aliphatic hydroxyl groups excluding tert-OH is 1. The summed E-state index contributed by atoms with van der Waals surface area (Å²) in [6.07, 6.45) is 0.727. The first-order chi connectivity index (χ1) is 12.6. The Kier molecular flexibility index (Phi) is 4.10. The standard InChI is InChI=1S/C20H19N5O/c1-13-7-9-15(10-8-13)18-17-19(21)22-12-23-20(17)25(24-18)11-16(26)14-5-3-2-4-6-14/h2-10,12,16,26H,11H2,1H3,(H2,21,22,23). The number of aliphatic hydroxyl groups is 1. The summed E-state index contributed by atoms with van der Waals surface area (Å²) in [7, 11) is 0. The van der Waals surface area contributed by atoms with Gasteiger partial charge in [-0.05, 0) is 12.5 Å². The van der Waals surface area contributed by atoms with E-state index in [0.717, 1.165) is 16.8 Å². The summed E-state index contributed by atoms with van der Waals surface area (Å²) in [5.74, 6) is 0.381. The molecular formula is C20H19N5O. The van der Waals surface area contributed by atoms with Crippen LogP contribution in [0.5, 0.6) is 0 Å². The zero-order valence-corrected chi connectivity index (χ0v) is 14.4. The molecule has 0 amide bonds. The molecule has 2 heterocycles. The van der Waals surface area contributed by atoms with Gasteiger partial charge < -0.3 is 10.8 Å². The van der Waals surface area contributed by atoms with Crippen molar-refractivity contribution in [2.24, 2.45) is 0 Å². The Morgan fingerprint density at radius 2 is 1.77 bits per heavy atom. The lowest BCUT2D eigenvalue weighted by Crippen LogP contribution is -2.10. The van der Waals surface area contributed by atoms with E-state index in [0.29, 0.717) is 16.9 Å². The van der Waals surface area contributed by atoms with Crippen LogP contribution in [-0.4, -0.2) is 24.9 Å². The topological polar surface area (TPSA) is 89.8 Å². The number of nitrogens with zero attached hydrogens (tertiary/aromatic N) is 4. The predicted molar refractivity (Wildman–Crippen MR) is 101 cm³/mol. The smallest absolute Gasteiger partial charge is 0.164 e. The number of fused-ring (bicyclic) bond motifs is 1. The molecule has 1 atom stereocenters. The van der Waals surface area contributed by atoms with E-state index in [2.05, 4.69) is 15.1 Å². The number of nitrogen functional groups attached to an aromatic ring is 1. The maximum absolute atomic E-state index is 10.6. The van der Waals surface area contributed by atoms with Crippen molar-refractivity contribution in [2.45, 2.75) is 19.6 Å². The third kappa shape index (κ3) is 2.91. The largest absolute Gasteiger partial charge is 0.386 e. The highest BCUT2D eigenvalue weighted by atomic mass is 16.3. The Morgan fingerprint density at radius 3 is 2.50 bits per heavy atom. The van der Waals surface area contributed by atoms with Gasteiger partial charge in [0.05, 0.1) is 18.0 Å². The van der Waals surface area contributed by atoms with Crippen LogP contribution in [0.15, 0.2) is 60.9 Å². The third-order valence-electron chi connectivity index (χ3n) is 4.41. The van der Waals surface area contributed by atoms with Crippen LogP contribution in [0.25, 0.3) is 22.3 Å². The SMILES string of the molecule is Cc1ccc(-c2nn(CC(O)c3ccccc3)c3ncnc(N)c23)cc1. The highest BCUT2D eigenvalue weighted by molar-refractivity contribution is 5.98. The molecule has 6 heteroatoms. The summed E-state index contributed by atoms with van der Waals surface area (Å²) < 4.78 is 1.69. The monoisotopic (exact) mass is 345 g/mol. The van der Waals surface area contributed by atoms with Gasteiger partial charge in [-0.2, -0.15) is 5.10 Å². The molecule has 0 spiro atoms. The van der Waals surface area contributed by atoms with Gasteiger partial charge in [0.2, 0.25) is 0 Å². The van der Waals surface area contributed by atoms with Gasteiger partial charge in [-0.15, -0.1) is 0 Å². The molecule has 2 aromatic heterocycles. The van der Waals surface area contributed by atoms with Crippen molar-refractivity contribution in [3.8, 4) is 11.3 Å². The summed E-state index contributed by atoms with van der Waals surface area (Å²) in [6.45, 7) is 2.32. The minimum atomic E-state index is -0.693. The average molecular weight is 345 g/mol. The van der Waals surface area contributed by atoms with Gasteiger partial charge in [-0.1, -0.05) is 60.2 Å². The van der Waals surface area contributed by atoms with Gasteiger partial charge in [0.15, 0.2) is 5.65 Å². The Morgan fingerprint density at radius 1 is 1.04 bits per heavy atom. The summed E-state index contributed by atoms with van der Waals surface area (Å²) in [5.41, 5.74) is 10.4. The lowest BCUT2D eigenvalue weighted by molar-refractivity contribution is 0.153. The Bertz CT molecular complexity index is 1040. The van der Waals surface area contributed by atoms with Crippen LogP contribution < -0.4 is 5.73 Å². The summed E-state index contributed by atoms with van der Waals surface area (Å²) in [5, 5.41) is 16.0. The molecule has 0 bridgehead atoms. The first-order valence-electron chi connectivity index (χ1n) is 8.40. The molecule has 130 valence electrons. The van der Waals surface area contributed by atoms with E-state index in [1.54, 1.807) is 4.68 Å². The van der Waals surface area contributed by atoms with Gasteiger partial charge in [0.1, 0.15) is 17.8 Å². The number of rotatable bonds is 4. The van der Waals surface area contributed by atoms with E-state index < -0.39 is 6.10 Å². The van der Waals surface area contributed by atoms with E-state index in [1.165, 1.54) is 11.9 Å². The molecule has 0 aliphatic carbocycles. The number of hydrogen-bond donors (Lipinski definition) is 2. The van der Waals surface area contributed by atoms with Gasteiger partial charge in [0.25, 0.3) is 0 Å². The summed E-state index contributed by atoms with van der Waals surface area (Å²) in [4.78, 5) is 8.46. The average Bonchev–Trinajstić information content (AvgIpc) is 3.03. The van der Waals surface area contributed by atoms with Crippen molar-refractivity contribution in [2.75, 3.05) is 5.73 Å². The molecule has 3 N–H and O–H groups in total. The maximum Gasteiger partial charge on any atom is 0.164 e. The van der Waals surface area contributed by atoms with Gasteiger partial charge in [-0.3, -0.25) is 0 Å². The molecule has 2 aromatic carbocycles. The summed E-state index contributed by atoms with van der Waals surface area (Å²) in [6, 6.07) is 17.6. The quantitative estimate of drug-likeness (QED) is 0.593. The first kappa shape index (κ1) is 16.2. The molecule has 0 aliphatic rings. The number of benzene rings is 2. The fraction of sp³-hybridized carbons (Fsp3) is 0.150. The molecule has 0 saturated carbocycles. The van der Waals surface area contributed by atoms with Gasteiger partial charge in [0, 0.05) is 5.56 Å². The number of hydrogen-bond acceptors (Lipinski definition) is 5. The van der Waals surface area contributed by atoms with E-state index in [-0.39, 0.29) is 6.54 Å². The second-order valence-electron chi connectivity index (χ2n) is 6.28. The number of anilines is 1. The lowest BCUT2D eigenvalue weighted by atomic mass is 10.1. The van der Waals surface area contributed by atoms with Crippen LogP contribution in [0, 0.1) is 6.92 Å². The van der Waals surface area contributed by atoms with Crippen LogP contribution in [0.3, 0.4) is 0 Å². The molecule has 4 rings (SSSR count). The third-order valence-corrected chi connectivity index (χ3v) is 4.41. The van der Waals surface area contributed by atoms with Gasteiger partial charge >= 0.3 is 0 Å². The Labute approximate surface area is 151 Å². The molecule has 0 aliphatic heterocycles. The van der Waals surface area contributed by atoms with Crippen molar-refractivity contribution < 1.29 is 5.11 Å². The van der Waals surface area contributed by atoms with Crippen LogP contribution >= 0.6 is 0 Å². The van der Waals surface area contributed by atoms with E-state index >= 15 is 0 Å².